The molecule has 0 bridgehead atoms. The summed E-state index contributed by atoms with van der Waals surface area (Å²) in [5, 5.41) is 13.4. The number of pyridine rings is 2. The topological polar surface area (TPSA) is 90.1 Å². The Kier molecular flexibility index (Phi) is 6.05. The quantitative estimate of drug-likeness (QED) is 0.559. The molecule has 0 aliphatic carbocycles. The van der Waals surface area contributed by atoms with Gasteiger partial charge in [0.25, 0.3) is 0 Å². The summed E-state index contributed by atoms with van der Waals surface area (Å²) in [4.78, 5) is 19.1. The van der Waals surface area contributed by atoms with Crippen molar-refractivity contribution in [3.8, 4) is 11.7 Å². The van der Waals surface area contributed by atoms with Crippen molar-refractivity contribution in [2.75, 3.05) is 6.61 Å². The van der Waals surface area contributed by atoms with E-state index in [-0.39, 0.29) is 22.7 Å². The predicted molar refractivity (Wildman–Crippen MR) is 108 cm³/mol. The third-order valence-corrected chi connectivity index (χ3v) is 5.52. The Morgan fingerprint density at radius 1 is 1.19 bits per heavy atom. The van der Waals surface area contributed by atoms with Crippen molar-refractivity contribution in [3.05, 3.63) is 63.7 Å². The first-order valence-corrected chi connectivity index (χ1v) is 10.3. The Morgan fingerprint density at radius 3 is 2.69 bits per heavy atom. The van der Waals surface area contributed by atoms with Gasteiger partial charge < -0.3 is 9.84 Å². The van der Waals surface area contributed by atoms with Crippen LogP contribution in [0.25, 0.3) is 5.82 Å². The molecule has 0 fully saturated rings. The number of alkyl halides is 3. The SMILES string of the molecule is O=C(O)c1ccc(-n2nc(Cc3c(C(F)(F)F)ccnc3Cl)c3c2OCCCCC3)nc1. The number of aromatic nitrogens is 4. The van der Waals surface area contributed by atoms with Crippen molar-refractivity contribution in [1.82, 2.24) is 19.7 Å². The van der Waals surface area contributed by atoms with Crippen LogP contribution in [-0.4, -0.2) is 37.4 Å². The molecule has 11 heteroatoms. The molecule has 0 aromatic carbocycles. The Balaban J connectivity index is 1.82. The number of fused-ring (bicyclic) bond motifs is 1. The fourth-order valence-corrected chi connectivity index (χ4v) is 3.85. The number of ether oxygens (including phenoxy) is 1. The van der Waals surface area contributed by atoms with E-state index in [0.717, 1.165) is 31.5 Å². The zero-order valence-electron chi connectivity index (χ0n) is 16.7. The number of carboxylic acids is 1. The first-order valence-electron chi connectivity index (χ1n) is 9.89. The Bertz CT molecular complexity index is 1150. The molecule has 0 saturated carbocycles. The second kappa shape index (κ2) is 8.78. The number of halogens is 4. The zero-order valence-corrected chi connectivity index (χ0v) is 17.4. The van der Waals surface area contributed by atoms with Gasteiger partial charge in [0.1, 0.15) is 5.15 Å². The van der Waals surface area contributed by atoms with Gasteiger partial charge in [0.15, 0.2) is 5.82 Å². The molecule has 0 unspecified atom stereocenters. The number of rotatable bonds is 4. The molecule has 0 amide bonds. The maximum absolute atomic E-state index is 13.6. The van der Waals surface area contributed by atoms with E-state index in [4.69, 9.17) is 21.4 Å². The van der Waals surface area contributed by atoms with Crippen LogP contribution in [0.15, 0.2) is 30.6 Å². The largest absolute Gasteiger partial charge is 0.478 e. The molecule has 1 aliphatic heterocycles. The Morgan fingerprint density at radius 2 is 2.00 bits per heavy atom. The predicted octanol–water partition coefficient (Wildman–Crippen LogP) is 4.73. The van der Waals surface area contributed by atoms with Crippen molar-refractivity contribution in [3.63, 3.8) is 0 Å². The van der Waals surface area contributed by atoms with Crippen LogP contribution in [0.2, 0.25) is 5.15 Å². The smallest absolute Gasteiger partial charge is 0.416 e. The Labute approximate surface area is 185 Å². The third kappa shape index (κ3) is 4.40. The van der Waals surface area contributed by atoms with Crippen molar-refractivity contribution < 1.29 is 27.8 Å². The van der Waals surface area contributed by atoms with E-state index in [0.29, 0.717) is 36.0 Å². The fraction of sp³-hybridized carbons (Fsp3) is 0.333. The summed E-state index contributed by atoms with van der Waals surface area (Å²) in [5.41, 5.74) is 0.0389. The van der Waals surface area contributed by atoms with Gasteiger partial charge in [-0.15, -0.1) is 0 Å². The first-order chi connectivity index (χ1) is 15.3. The van der Waals surface area contributed by atoms with Gasteiger partial charge in [-0.1, -0.05) is 11.6 Å². The van der Waals surface area contributed by atoms with Crippen molar-refractivity contribution in [2.24, 2.45) is 0 Å². The molecular weight excluding hydrogens is 449 g/mol. The molecule has 0 atom stereocenters. The molecule has 0 saturated heterocycles. The summed E-state index contributed by atoms with van der Waals surface area (Å²) in [7, 11) is 0. The van der Waals surface area contributed by atoms with Crippen LogP contribution in [0.1, 0.15) is 52.0 Å². The Hall–Kier alpha value is -3.14. The third-order valence-electron chi connectivity index (χ3n) is 5.19. The maximum atomic E-state index is 13.6. The van der Waals surface area contributed by atoms with Gasteiger partial charge in [-0.05, 0) is 43.9 Å². The van der Waals surface area contributed by atoms with E-state index >= 15 is 0 Å². The van der Waals surface area contributed by atoms with E-state index in [1.807, 2.05) is 0 Å². The van der Waals surface area contributed by atoms with E-state index in [2.05, 4.69) is 15.1 Å². The lowest BCUT2D eigenvalue weighted by molar-refractivity contribution is -0.138. The minimum atomic E-state index is -4.59. The lowest BCUT2D eigenvalue weighted by Crippen LogP contribution is -2.11. The highest BCUT2D eigenvalue weighted by molar-refractivity contribution is 6.30. The maximum Gasteiger partial charge on any atom is 0.416 e. The van der Waals surface area contributed by atoms with Gasteiger partial charge in [0.05, 0.1) is 23.4 Å². The van der Waals surface area contributed by atoms with Crippen molar-refractivity contribution >= 4 is 17.6 Å². The molecular formula is C21H18ClF3N4O3. The highest BCUT2D eigenvalue weighted by atomic mass is 35.5. The molecule has 0 spiro atoms. The molecule has 0 radical (unpaired) electrons. The minimum Gasteiger partial charge on any atom is -0.478 e. The molecule has 4 heterocycles. The number of aromatic carboxylic acids is 1. The number of carboxylic acid groups (broad SMARTS) is 1. The molecule has 1 N–H and O–H groups in total. The second-order valence-electron chi connectivity index (χ2n) is 7.31. The second-order valence-corrected chi connectivity index (χ2v) is 7.67. The first kappa shape index (κ1) is 22.1. The standard InChI is InChI=1S/C21H18ClF3N4O3/c22-18-14(15(7-8-26-18)21(23,24)25)10-16-13-4-2-1-3-9-32-19(13)29(28-16)17-6-5-12(11-27-17)20(30)31/h5-8,11H,1-4,9-10H2,(H,30,31). The zero-order chi connectivity index (χ0) is 22.9. The normalized spacial score (nSPS) is 14.2. The van der Waals surface area contributed by atoms with Gasteiger partial charge in [0.2, 0.25) is 5.88 Å². The number of hydrogen-bond acceptors (Lipinski definition) is 5. The van der Waals surface area contributed by atoms with Crippen LogP contribution in [0.5, 0.6) is 5.88 Å². The van der Waals surface area contributed by atoms with E-state index in [9.17, 15) is 18.0 Å². The number of nitrogens with zero attached hydrogens (tertiary/aromatic N) is 4. The molecule has 3 aromatic rings. The van der Waals surface area contributed by atoms with Crippen LogP contribution in [0.4, 0.5) is 13.2 Å². The van der Waals surface area contributed by atoms with Crippen molar-refractivity contribution in [1.29, 1.82) is 0 Å². The summed E-state index contributed by atoms with van der Waals surface area (Å²) in [5.74, 6) is -0.432. The molecule has 4 rings (SSSR count). The minimum absolute atomic E-state index is 0.00176. The molecule has 32 heavy (non-hydrogen) atoms. The van der Waals surface area contributed by atoms with Crippen LogP contribution < -0.4 is 4.74 Å². The highest BCUT2D eigenvalue weighted by Crippen LogP contribution is 2.37. The number of hydrogen-bond donors (Lipinski definition) is 1. The van der Waals surface area contributed by atoms with Gasteiger partial charge >= 0.3 is 12.1 Å². The number of carbonyl (C=O) groups is 1. The lowest BCUT2D eigenvalue weighted by atomic mass is 9.99. The molecule has 168 valence electrons. The summed E-state index contributed by atoms with van der Waals surface area (Å²) in [6.45, 7) is 0.423. The monoisotopic (exact) mass is 466 g/mol. The lowest BCUT2D eigenvalue weighted by Gasteiger charge is -2.15. The van der Waals surface area contributed by atoms with E-state index < -0.39 is 17.7 Å². The van der Waals surface area contributed by atoms with Crippen LogP contribution in [-0.2, 0) is 19.0 Å². The summed E-state index contributed by atoms with van der Waals surface area (Å²) in [6, 6.07) is 3.74. The van der Waals surface area contributed by atoms with E-state index in [1.165, 1.54) is 23.0 Å². The summed E-state index contributed by atoms with van der Waals surface area (Å²) < 4.78 is 48.0. The highest BCUT2D eigenvalue weighted by Gasteiger charge is 2.35. The molecule has 7 nitrogen and oxygen atoms in total. The summed E-state index contributed by atoms with van der Waals surface area (Å²) in [6.07, 6.45) is 0.569. The average Bonchev–Trinajstić information content (AvgIpc) is 3.04. The summed E-state index contributed by atoms with van der Waals surface area (Å²) >= 11 is 6.05. The van der Waals surface area contributed by atoms with E-state index in [1.54, 1.807) is 0 Å². The average molecular weight is 467 g/mol. The van der Waals surface area contributed by atoms with Crippen LogP contribution in [0, 0.1) is 0 Å². The van der Waals surface area contributed by atoms with Crippen molar-refractivity contribution in [2.45, 2.75) is 38.3 Å². The fourth-order valence-electron chi connectivity index (χ4n) is 3.63. The van der Waals surface area contributed by atoms with Gasteiger partial charge in [-0.25, -0.2) is 14.8 Å². The molecule has 3 aromatic heterocycles. The van der Waals surface area contributed by atoms with Gasteiger partial charge in [-0.2, -0.15) is 23.0 Å². The molecule has 1 aliphatic rings. The van der Waals surface area contributed by atoms with Gasteiger partial charge in [-0.3, -0.25) is 0 Å². The van der Waals surface area contributed by atoms with Crippen LogP contribution >= 0.6 is 11.6 Å². The van der Waals surface area contributed by atoms with Gasteiger partial charge in [0, 0.05) is 29.9 Å². The van der Waals surface area contributed by atoms with Crippen LogP contribution in [0.3, 0.4) is 0 Å².